The smallest absolute Gasteiger partial charge is 0.308 e. The van der Waals surface area contributed by atoms with E-state index in [1.165, 1.54) is 11.3 Å². The van der Waals surface area contributed by atoms with Crippen molar-refractivity contribution in [1.82, 2.24) is 4.57 Å². The van der Waals surface area contributed by atoms with Gasteiger partial charge in [0, 0.05) is 25.5 Å². The highest BCUT2D eigenvalue weighted by Gasteiger charge is 2.37. The monoisotopic (exact) mass is 396 g/mol. The molecule has 144 valence electrons. The second-order valence-electron chi connectivity index (χ2n) is 6.58. The molecular weight excluding hydrogens is 376 g/mol. The maximum atomic E-state index is 13.2. The van der Waals surface area contributed by atoms with Crippen molar-refractivity contribution in [2.45, 2.75) is 12.3 Å². The third-order valence-corrected chi connectivity index (χ3v) is 6.13. The molecule has 3 aromatic rings. The minimum atomic E-state index is -0.158. The average molecular weight is 396 g/mol. The molecule has 1 aliphatic rings. The minimum absolute atomic E-state index is 0.0602. The van der Waals surface area contributed by atoms with Crippen molar-refractivity contribution in [2.75, 3.05) is 19.1 Å². The van der Waals surface area contributed by atoms with Crippen LogP contribution in [-0.2, 0) is 11.8 Å². The van der Waals surface area contributed by atoms with E-state index in [0.717, 1.165) is 16.2 Å². The van der Waals surface area contributed by atoms with E-state index in [2.05, 4.69) is 0 Å². The number of hydrogen-bond donors (Lipinski definition) is 0. The van der Waals surface area contributed by atoms with Gasteiger partial charge in [-0.25, -0.2) is 0 Å². The van der Waals surface area contributed by atoms with Crippen LogP contribution in [0.4, 0.5) is 11.5 Å². The summed E-state index contributed by atoms with van der Waals surface area (Å²) >= 11 is 1.19. The summed E-state index contributed by atoms with van der Waals surface area (Å²) in [6.07, 6.45) is 0.288. The zero-order chi connectivity index (χ0) is 19.8. The van der Waals surface area contributed by atoms with Crippen LogP contribution < -0.4 is 19.2 Å². The van der Waals surface area contributed by atoms with Crippen molar-refractivity contribution in [2.24, 2.45) is 7.05 Å². The molecule has 0 bridgehead atoms. The van der Waals surface area contributed by atoms with Crippen LogP contribution in [0.2, 0.25) is 0 Å². The minimum Gasteiger partial charge on any atom is -0.497 e. The number of benzene rings is 2. The lowest BCUT2D eigenvalue weighted by Gasteiger charge is -2.32. The fourth-order valence-electron chi connectivity index (χ4n) is 3.55. The molecule has 6 nitrogen and oxygen atoms in total. The number of amides is 1. The van der Waals surface area contributed by atoms with Gasteiger partial charge in [-0.15, -0.1) is 0 Å². The van der Waals surface area contributed by atoms with E-state index in [9.17, 15) is 9.59 Å². The molecule has 0 spiro atoms. The number of carbonyl (C=O) groups is 1. The molecule has 1 amide bonds. The fourth-order valence-corrected chi connectivity index (χ4v) is 4.64. The molecule has 0 saturated carbocycles. The summed E-state index contributed by atoms with van der Waals surface area (Å²) in [5.41, 5.74) is 1.68. The summed E-state index contributed by atoms with van der Waals surface area (Å²) in [6.45, 7) is 0. The van der Waals surface area contributed by atoms with E-state index in [4.69, 9.17) is 9.47 Å². The second kappa shape index (κ2) is 7.16. The van der Waals surface area contributed by atoms with Gasteiger partial charge in [-0.2, -0.15) is 0 Å². The van der Waals surface area contributed by atoms with E-state index in [0.29, 0.717) is 17.3 Å². The number of rotatable bonds is 4. The number of ether oxygens (including phenoxy) is 2. The summed E-state index contributed by atoms with van der Waals surface area (Å²) in [6, 6.07) is 15.0. The Bertz CT molecular complexity index is 1080. The van der Waals surface area contributed by atoms with Gasteiger partial charge in [0.15, 0.2) is 0 Å². The number of anilines is 2. The summed E-state index contributed by atoms with van der Waals surface area (Å²) in [4.78, 5) is 28.1. The Labute approximate surface area is 166 Å². The number of methoxy groups -OCH3 is 2. The fraction of sp³-hybridized carbons (Fsp3) is 0.238. The largest absolute Gasteiger partial charge is 0.497 e. The third kappa shape index (κ3) is 2.97. The van der Waals surface area contributed by atoms with Gasteiger partial charge in [-0.1, -0.05) is 29.5 Å². The van der Waals surface area contributed by atoms with Crippen LogP contribution >= 0.6 is 11.3 Å². The molecule has 0 unspecified atom stereocenters. The van der Waals surface area contributed by atoms with Crippen LogP contribution in [0.15, 0.2) is 53.3 Å². The topological polar surface area (TPSA) is 60.8 Å². The van der Waals surface area contributed by atoms with Crippen LogP contribution in [-0.4, -0.2) is 24.7 Å². The van der Waals surface area contributed by atoms with Crippen LogP contribution in [0.3, 0.4) is 0 Å². The maximum Gasteiger partial charge on any atom is 0.308 e. The lowest BCUT2D eigenvalue weighted by Crippen LogP contribution is -2.34. The van der Waals surface area contributed by atoms with Crippen LogP contribution in [0.1, 0.15) is 22.8 Å². The molecular formula is C21H20N2O4S. The summed E-state index contributed by atoms with van der Waals surface area (Å²) < 4.78 is 12.1. The summed E-state index contributed by atoms with van der Waals surface area (Å²) in [5, 5.41) is 0. The van der Waals surface area contributed by atoms with Gasteiger partial charge < -0.3 is 9.47 Å². The standard InChI is InChI=1S/C21H20N2O4S/c1-22-20-19(28-21(22)25)17(13-7-9-15(26-2)10-8-13)12-18(24)23(20)14-5-4-6-16(11-14)27-3/h4-11,17H,12H2,1-3H3/t17-/m0/s1. The first-order valence-corrected chi connectivity index (χ1v) is 9.65. The molecule has 0 radical (unpaired) electrons. The number of thiazole rings is 1. The Balaban J connectivity index is 1.85. The van der Waals surface area contributed by atoms with Crippen molar-refractivity contribution >= 4 is 28.7 Å². The quantitative estimate of drug-likeness (QED) is 0.675. The van der Waals surface area contributed by atoms with Crippen molar-refractivity contribution in [3.8, 4) is 11.5 Å². The van der Waals surface area contributed by atoms with Crippen LogP contribution in [0.5, 0.6) is 11.5 Å². The van der Waals surface area contributed by atoms with Crippen molar-refractivity contribution in [3.05, 3.63) is 68.6 Å². The Morgan fingerprint density at radius 1 is 1.00 bits per heavy atom. The molecule has 2 aromatic carbocycles. The van der Waals surface area contributed by atoms with Gasteiger partial charge >= 0.3 is 4.87 Å². The molecule has 4 rings (SSSR count). The third-order valence-electron chi connectivity index (χ3n) is 5.00. The van der Waals surface area contributed by atoms with E-state index >= 15 is 0 Å². The highest BCUT2D eigenvalue weighted by molar-refractivity contribution is 7.10. The molecule has 1 aromatic heterocycles. The highest BCUT2D eigenvalue weighted by atomic mass is 32.1. The molecule has 0 N–H and O–H groups in total. The molecule has 0 saturated heterocycles. The van der Waals surface area contributed by atoms with E-state index in [-0.39, 0.29) is 23.1 Å². The first-order chi connectivity index (χ1) is 13.5. The van der Waals surface area contributed by atoms with Crippen LogP contribution in [0.25, 0.3) is 0 Å². The number of nitrogens with zero attached hydrogens (tertiary/aromatic N) is 2. The molecule has 0 fully saturated rings. The normalized spacial score (nSPS) is 16.0. The number of hydrogen-bond acceptors (Lipinski definition) is 5. The highest BCUT2D eigenvalue weighted by Crippen LogP contribution is 2.45. The van der Waals surface area contributed by atoms with Gasteiger partial charge in [-0.05, 0) is 29.8 Å². The second-order valence-corrected chi connectivity index (χ2v) is 7.57. The van der Waals surface area contributed by atoms with Gasteiger partial charge in [0.05, 0.1) is 24.8 Å². The molecule has 1 aliphatic heterocycles. The van der Waals surface area contributed by atoms with E-state index < -0.39 is 0 Å². The molecule has 2 heterocycles. The summed E-state index contributed by atoms with van der Waals surface area (Å²) in [7, 11) is 4.91. The predicted molar refractivity (Wildman–Crippen MR) is 109 cm³/mol. The maximum absolute atomic E-state index is 13.2. The SMILES string of the molecule is COc1ccc([C@@H]2CC(=O)N(c3cccc(OC)c3)c3c2sc(=O)n3C)cc1. The van der Waals surface area contributed by atoms with Crippen molar-refractivity contribution in [1.29, 1.82) is 0 Å². The van der Waals surface area contributed by atoms with E-state index in [1.54, 1.807) is 36.8 Å². The van der Waals surface area contributed by atoms with E-state index in [1.807, 2.05) is 42.5 Å². The lowest BCUT2D eigenvalue weighted by atomic mass is 9.90. The van der Waals surface area contributed by atoms with Gasteiger partial charge in [0.2, 0.25) is 5.91 Å². The van der Waals surface area contributed by atoms with Gasteiger partial charge in [0.1, 0.15) is 17.3 Å². The Morgan fingerprint density at radius 2 is 1.71 bits per heavy atom. The number of carbonyl (C=O) groups excluding carboxylic acids is 1. The predicted octanol–water partition coefficient (Wildman–Crippen LogP) is 3.66. The Morgan fingerprint density at radius 3 is 2.39 bits per heavy atom. The zero-order valence-corrected chi connectivity index (χ0v) is 16.7. The average Bonchev–Trinajstić information content (AvgIpc) is 3.02. The van der Waals surface area contributed by atoms with Crippen molar-refractivity contribution < 1.29 is 14.3 Å². The Hall–Kier alpha value is -3.06. The summed E-state index contributed by atoms with van der Waals surface area (Å²) in [5.74, 6) is 1.82. The molecule has 1 atom stereocenters. The van der Waals surface area contributed by atoms with Crippen molar-refractivity contribution in [3.63, 3.8) is 0 Å². The first-order valence-electron chi connectivity index (χ1n) is 8.84. The van der Waals surface area contributed by atoms with Gasteiger partial charge in [0.25, 0.3) is 0 Å². The Kier molecular flexibility index (Phi) is 4.68. The number of fused-ring (bicyclic) bond motifs is 1. The van der Waals surface area contributed by atoms with Crippen LogP contribution in [0, 0.1) is 0 Å². The number of aromatic nitrogens is 1. The molecule has 0 aliphatic carbocycles. The zero-order valence-electron chi connectivity index (χ0n) is 15.8. The first kappa shape index (κ1) is 18.3. The molecule has 28 heavy (non-hydrogen) atoms. The molecule has 7 heteroatoms. The van der Waals surface area contributed by atoms with Gasteiger partial charge in [-0.3, -0.25) is 19.1 Å². The lowest BCUT2D eigenvalue weighted by molar-refractivity contribution is -0.118.